The van der Waals surface area contributed by atoms with Gasteiger partial charge in [-0.25, -0.2) is 4.39 Å². The van der Waals surface area contributed by atoms with Crippen molar-refractivity contribution in [1.29, 1.82) is 0 Å². The fourth-order valence-electron chi connectivity index (χ4n) is 6.35. The summed E-state index contributed by atoms with van der Waals surface area (Å²) in [5.41, 5.74) is 8.52. The van der Waals surface area contributed by atoms with Gasteiger partial charge < -0.3 is 19.3 Å². The second-order valence-electron chi connectivity index (χ2n) is 10.5. The molecule has 1 fully saturated rings. The third-order valence-corrected chi connectivity index (χ3v) is 8.07. The molecule has 5 nitrogen and oxygen atoms in total. The van der Waals surface area contributed by atoms with Gasteiger partial charge in [-0.3, -0.25) is 4.79 Å². The van der Waals surface area contributed by atoms with Crippen LogP contribution in [0.2, 0.25) is 0 Å². The molecular weight excluding hydrogens is 471 g/mol. The molecule has 3 aromatic carbocycles. The number of rotatable bonds is 6. The molecule has 192 valence electrons. The molecule has 2 unspecified atom stereocenters. The van der Waals surface area contributed by atoms with E-state index in [1.54, 1.807) is 12.1 Å². The Morgan fingerprint density at radius 2 is 1.89 bits per heavy atom. The first-order chi connectivity index (χ1) is 17.9. The predicted octanol–water partition coefficient (Wildman–Crippen LogP) is 6.63. The topological polar surface area (TPSA) is 65.0 Å². The molecule has 0 saturated carbocycles. The Bertz CT molecular complexity index is 1350. The highest BCUT2D eigenvalue weighted by molar-refractivity contribution is 5.76. The van der Waals surface area contributed by atoms with Crippen molar-refractivity contribution in [1.82, 2.24) is 0 Å². The number of halogens is 1. The lowest BCUT2D eigenvalue weighted by Gasteiger charge is -2.20. The number of hydrogen-bond acceptors (Lipinski definition) is 4. The second-order valence-corrected chi connectivity index (χ2v) is 10.5. The first kappa shape index (κ1) is 24.0. The molecule has 1 aliphatic carbocycles. The summed E-state index contributed by atoms with van der Waals surface area (Å²) < 4.78 is 32.9. The lowest BCUT2D eigenvalue weighted by Crippen LogP contribution is -2.07. The molecule has 6 heteroatoms. The molecule has 0 aromatic heterocycles. The van der Waals surface area contributed by atoms with E-state index in [4.69, 9.17) is 19.3 Å². The largest absolute Gasteiger partial charge is 0.492 e. The van der Waals surface area contributed by atoms with Gasteiger partial charge in [0.15, 0.2) is 0 Å². The van der Waals surface area contributed by atoms with Crippen LogP contribution in [0.3, 0.4) is 0 Å². The molecule has 1 N–H and O–H groups in total. The van der Waals surface area contributed by atoms with Crippen LogP contribution in [-0.2, 0) is 16.0 Å². The summed E-state index contributed by atoms with van der Waals surface area (Å²) in [7, 11) is 0. The first-order valence-electron chi connectivity index (χ1n) is 13.0. The lowest BCUT2D eigenvalue weighted by molar-refractivity contribution is -0.137. The number of aliphatic carboxylic acids is 1. The standard InChI is InChI=1S/C31H31FO5/c1-17-11-20(19-9-10-35-15-19)12-18(2)30(17)24-5-7-26(32)31-25(24)6-8-27(31)37-22-3-4-23-21(13-29(33)34)16-36-28(23)14-22/h3-5,7,11-12,14,19,21,27H,6,8-10,13,15-16H2,1-2H3,(H,33,34)/t19?,21-,27?/m1/s1. The van der Waals surface area contributed by atoms with Gasteiger partial charge in [0.05, 0.1) is 19.6 Å². The Hall–Kier alpha value is -3.38. The molecule has 2 aliphatic heterocycles. The van der Waals surface area contributed by atoms with Gasteiger partial charge in [-0.05, 0) is 78.6 Å². The average Bonchev–Trinajstić information content (AvgIpc) is 3.61. The van der Waals surface area contributed by atoms with E-state index in [0.29, 0.717) is 36.0 Å². The molecule has 3 aliphatic rings. The molecule has 1 saturated heterocycles. The first-order valence-corrected chi connectivity index (χ1v) is 13.0. The van der Waals surface area contributed by atoms with Crippen molar-refractivity contribution >= 4 is 5.97 Å². The smallest absolute Gasteiger partial charge is 0.304 e. The van der Waals surface area contributed by atoms with Crippen LogP contribution in [0.4, 0.5) is 4.39 Å². The van der Waals surface area contributed by atoms with E-state index < -0.39 is 5.97 Å². The Morgan fingerprint density at radius 1 is 1.08 bits per heavy atom. The van der Waals surface area contributed by atoms with Gasteiger partial charge >= 0.3 is 5.97 Å². The summed E-state index contributed by atoms with van der Waals surface area (Å²) in [6.07, 6.45) is 2.13. The zero-order valence-corrected chi connectivity index (χ0v) is 21.2. The Labute approximate surface area is 216 Å². The van der Waals surface area contributed by atoms with Crippen molar-refractivity contribution in [2.45, 2.75) is 57.5 Å². The molecule has 6 rings (SSSR count). The minimum Gasteiger partial charge on any atom is -0.492 e. The minimum absolute atomic E-state index is 0.0332. The maximum atomic E-state index is 15.2. The van der Waals surface area contributed by atoms with Crippen molar-refractivity contribution in [2.24, 2.45) is 0 Å². The maximum Gasteiger partial charge on any atom is 0.304 e. The normalized spacial score (nSPS) is 22.0. The third kappa shape index (κ3) is 4.37. The molecule has 3 aromatic rings. The number of fused-ring (bicyclic) bond motifs is 2. The van der Waals surface area contributed by atoms with Crippen molar-refractivity contribution in [3.63, 3.8) is 0 Å². The highest BCUT2D eigenvalue weighted by Gasteiger charge is 2.32. The number of carboxylic acids is 1. The van der Waals surface area contributed by atoms with Gasteiger partial charge in [0, 0.05) is 35.6 Å². The summed E-state index contributed by atoms with van der Waals surface area (Å²) >= 11 is 0. The van der Waals surface area contributed by atoms with Crippen molar-refractivity contribution < 1.29 is 28.5 Å². The van der Waals surface area contributed by atoms with Crippen LogP contribution in [0.25, 0.3) is 11.1 Å². The molecule has 37 heavy (non-hydrogen) atoms. The van der Waals surface area contributed by atoms with Crippen LogP contribution in [-0.4, -0.2) is 30.9 Å². The minimum atomic E-state index is -0.844. The number of ether oxygens (including phenoxy) is 3. The Balaban J connectivity index is 1.29. The molecule has 0 bridgehead atoms. The van der Waals surface area contributed by atoms with E-state index in [9.17, 15) is 4.79 Å². The predicted molar refractivity (Wildman–Crippen MR) is 138 cm³/mol. The molecule has 0 spiro atoms. The van der Waals surface area contributed by atoms with Crippen molar-refractivity contribution in [2.75, 3.05) is 19.8 Å². The molecule has 0 radical (unpaired) electrons. The zero-order chi connectivity index (χ0) is 25.7. The Morgan fingerprint density at radius 3 is 2.62 bits per heavy atom. The summed E-state index contributed by atoms with van der Waals surface area (Å²) in [4.78, 5) is 11.1. The quantitative estimate of drug-likeness (QED) is 0.410. The van der Waals surface area contributed by atoms with E-state index in [1.165, 1.54) is 22.3 Å². The van der Waals surface area contributed by atoms with E-state index in [0.717, 1.165) is 42.7 Å². The van der Waals surface area contributed by atoms with Crippen molar-refractivity contribution in [3.8, 4) is 22.6 Å². The Kier molecular flexibility index (Phi) is 6.15. The zero-order valence-electron chi connectivity index (χ0n) is 21.2. The fraction of sp³-hybridized carbons (Fsp3) is 0.387. The van der Waals surface area contributed by atoms with Crippen LogP contribution in [0.5, 0.6) is 11.5 Å². The van der Waals surface area contributed by atoms with E-state index in [1.807, 2.05) is 18.2 Å². The number of carboxylic acid groups (broad SMARTS) is 1. The van der Waals surface area contributed by atoms with Crippen molar-refractivity contribution in [3.05, 3.63) is 81.7 Å². The van der Waals surface area contributed by atoms with Gasteiger partial charge in [0.25, 0.3) is 0 Å². The van der Waals surface area contributed by atoms with Crippen LogP contribution in [0.15, 0.2) is 42.5 Å². The highest BCUT2D eigenvalue weighted by Crippen LogP contribution is 2.45. The maximum absolute atomic E-state index is 15.2. The van der Waals surface area contributed by atoms with Crippen LogP contribution in [0, 0.1) is 19.7 Å². The van der Waals surface area contributed by atoms with Crippen LogP contribution in [0.1, 0.15) is 70.6 Å². The molecule has 0 amide bonds. The van der Waals surface area contributed by atoms with Crippen LogP contribution < -0.4 is 9.47 Å². The fourth-order valence-corrected chi connectivity index (χ4v) is 6.35. The highest BCUT2D eigenvalue weighted by atomic mass is 19.1. The monoisotopic (exact) mass is 502 g/mol. The van der Waals surface area contributed by atoms with Gasteiger partial charge in [-0.15, -0.1) is 0 Å². The van der Waals surface area contributed by atoms with Gasteiger partial charge in [0.1, 0.15) is 23.4 Å². The number of carbonyl (C=O) groups is 1. The second kappa shape index (κ2) is 9.49. The van der Waals surface area contributed by atoms with Gasteiger partial charge in [-0.2, -0.15) is 0 Å². The van der Waals surface area contributed by atoms with E-state index in [2.05, 4.69) is 26.0 Å². The third-order valence-electron chi connectivity index (χ3n) is 8.07. The molecule has 3 atom stereocenters. The number of hydrogen-bond donors (Lipinski definition) is 1. The van der Waals surface area contributed by atoms with Crippen LogP contribution >= 0.6 is 0 Å². The summed E-state index contributed by atoms with van der Waals surface area (Å²) in [6, 6.07) is 13.5. The van der Waals surface area contributed by atoms with E-state index >= 15 is 4.39 Å². The van der Waals surface area contributed by atoms with Gasteiger partial charge in [-0.1, -0.05) is 24.3 Å². The SMILES string of the molecule is Cc1cc(C2CCOC2)cc(C)c1-c1ccc(F)c2c1CCC2Oc1ccc2c(c1)OC[C@H]2CC(=O)O. The van der Waals surface area contributed by atoms with Gasteiger partial charge in [0.2, 0.25) is 0 Å². The number of aryl methyl sites for hydroxylation is 2. The molecular formula is C31H31FO5. The lowest BCUT2D eigenvalue weighted by atomic mass is 9.86. The number of benzene rings is 3. The summed E-state index contributed by atoms with van der Waals surface area (Å²) in [5.74, 6) is 0.452. The van der Waals surface area contributed by atoms with E-state index in [-0.39, 0.29) is 24.3 Å². The average molecular weight is 503 g/mol. The molecule has 2 heterocycles. The summed E-state index contributed by atoms with van der Waals surface area (Å²) in [6.45, 7) is 6.22. The summed E-state index contributed by atoms with van der Waals surface area (Å²) in [5, 5.41) is 9.14.